The zero-order valence-electron chi connectivity index (χ0n) is 9.20. The van der Waals surface area contributed by atoms with Crippen LogP contribution in [0.1, 0.15) is 28.8 Å². The molecule has 1 aliphatic rings. The number of nitrogens with one attached hydrogen (secondary N) is 1. The van der Waals surface area contributed by atoms with E-state index in [1.807, 2.05) is 0 Å². The van der Waals surface area contributed by atoms with Crippen LogP contribution >= 0.6 is 0 Å². The number of nitrogens with zero attached hydrogens (tertiary/aromatic N) is 1. The van der Waals surface area contributed by atoms with E-state index in [2.05, 4.69) is 5.32 Å². The molecule has 0 spiro atoms. The molecule has 17 heavy (non-hydrogen) atoms. The molecule has 90 valence electrons. The molecule has 0 heterocycles. The first-order valence-corrected chi connectivity index (χ1v) is 5.24. The van der Waals surface area contributed by atoms with E-state index in [1.165, 1.54) is 6.92 Å². The lowest BCUT2D eigenvalue weighted by molar-refractivity contribution is -0.385. The highest BCUT2D eigenvalue weighted by atomic mass is 19.1. The van der Waals surface area contributed by atoms with Crippen molar-refractivity contribution in [2.75, 3.05) is 0 Å². The summed E-state index contributed by atoms with van der Waals surface area (Å²) in [6.45, 7) is 1.40. The highest BCUT2D eigenvalue weighted by molar-refractivity contribution is 5.95. The van der Waals surface area contributed by atoms with Gasteiger partial charge in [-0.3, -0.25) is 14.9 Å². The van der Waals surface area contributed by atoms with E-state index in [0.717, 1.165) is 25.0 Å². The summed E-state index contributed by atoms with van der Waals surface area (Å²) < 4.78 is 13.7. The number of hydrogen-bond donors (Lipinski definition) is 1. The lowest BCUT2D eigenvalue weighted by atomic mass is 10.1. The molecule has 0 bridgehead atoms. The summed E-state index contributed by atoms with van der Waals surface area (Å²) in [5.74, 6) is -1.29. The highest BCUT2D eigenvalue weighted by Gasteiger charge is 2.26. The maximum absolute atomic E-state index is 13.7. The third kappa shape index (κ3) is 2.41. The zero-order valence-corrected chi connectivity index (χ0v) is 9.20. The number of benzene rings is 1. The van der Waals surface area contributed by atoms with Crippen LogP contribution in [0.25, 0.3) is 0 Å². The fourth-order valence-electron chi connectivity index (χ4n) is 1.51. The zero-order chi connectivity index (χ0) is 12.6. The molecule has 0 saturated heterocycles. The van der Waals surface area contributed by atoms with Crippen LogP contribution in [0.5, 0.6) is 0 Å². The number of aryl methyl sites for hydroxylation is 1. The van der Waals surface area contributed by atoms with Gasteiger partial charge >= 0.3 is 0 Å². The summed E-state index contributed by atoms with van der Waals surface area (Å²) in [5, 5.41) is 13.2. The molecule has 0 radical (unpaired) electrons. The Morgan fingerprint density at radius 1 is 1.53 bits per heavy atom. The third-order valence-corrected chi connectivity index (χ3v) is 2.61. The summed E-state index contributed by atoms with van der Waals surface area (Å²) in [7, 11) is 0. The monoisotopic (exact) mass is 238 g/mol. The van der Waals surface area contributed by atoms with Crippen LogP contribution in [-0.2, 0) is 0 Å². The molecule has 1 saturated carbocycles. The predicted octanol–water partition coefficient (Wildman–Crippen LogP) is 1.93. The summed E-state index contributed by atoms with van der Waals surface area (Å²) in [6.07, 6.45) is 1.75. The van der Waals surface area contributed by atoms with E-state index < -0.39 is 16.6 Å². The number of rotatable bonds is 3. The van der Waals surface area contributed by atoms with Crippen LogP contribution in [0, 0.1) is 22.9 Å². The Labute approximate surface area is 96.8 Å². The Morgan fingerprint density at radius 2 is 2.18 bits per heavy atom. The highest BCUT2D eigenvalue weighted by Crippen LogP contribution is 2.23. The molecular formula is C11H11FN2O3. The smallest absolute Gasteiger partial charge is 0.270 e. The quantitative estimate of drug-likeness (QED) is 0.646. The van der Waals surface area contributed by atoms with Crippen molar-refractivity contribution in [2.45, 2.75) is 25.8 Å². The van der Waals surface area contributed by atoms with Crippen molar-refractivity contribution < 1.29 is 14.1 Å². The first kappa shape index (κ1) is 11.5. The first-order valence-electron chi connectivity index (χ1n) is 5.24. The summed E-state index contributed by atoms with van der Waals surface area (Å²) >= 11 is 0. The van der Waals surface area contributed by atoms with Crippen LogP contribution in [0.15, 0.2) is 12.1 Å². The maximum Gasteiger partial charge on any atom is 0.270 e. The number of amides is 1. The number of carbonyl (C=O) groups excluding carboxylic acids is 1. The van der Waals surface area contributed by atoms with Gasteiger partial charge in [0.05, 0.1) is 10.5 Å². The molecule has 0 aromatic heterocycles. The number of nitro groups is 1. The van der Waals surface area contributed by atoms with Crippen molar-refractivity contribution in [3.05, 3.63) is 39.2 Å². The predicted molar refractivity (Wildman–Crippen MR) is 58.3 cm³/mol. The van der Waals surface area contributed by atoms with Crippen molar-refractivity contribution >= 4 is 11.6 Å². The van der Waals surface area contributed by atoms with Gasteiger partial charge in [-0.25, -0.2) is 4.39 Å². The molecule has 1 fully saturated rings. The van der Waals surface area contributed by atoms with E-state index in [1.54, 1.807) is 0 Å². The average molecular weight is 238 g/mol. The summed E-state index contributed by atoms with van der Waals surface area (Å²) in [4.78, 5) is 21.7. The van der Waals surface area contributed by atoms with E-state index >= 15 is 0 Å². The van der Waals surface area contributed by atoms with Crippen molar-refractivity contribution in [1.82, 2.24) is 5.32 Å². The molecule has 2 rings (SSSR count). The maximum atomic E-state index is 13.7. The fraction of sp³-hybridized carbons (Fsp3) is 0.364. The number of halogens is 1. The molecular weight excluding hydrogens is 227 g/mol. The van der Waals surface area contributed by atoms with Crippen LogP contribution in [0.2, 0.25) is 0 Å². The van der Waals surface area contributed by atoms with E-state index in [4.69, 9.17) is 0 Å². The Balaban J connectivity index is 2.36. The van der Waals surface area contributed by atoms with Crippen LogP contribution in [0.4, 0.5) is 10.1 Å². The van der Waals surface area contributed by atoms with Crippen molar-refractivity contribution in [3.8, 4) is 0 Å². The molecule has 1 aliphatic carbocycles. The van der Waals surface area contributed by atoms with Crippen LogP contribution in [0.3, 0.4) is 0 Å². The lowest BCUT2D eigenvalue weighted by Crippen LogP contribution is -2.26. The number of non-ortho nitro benzene ring substituents is 1. The molecule has 5 nitrogen and oxygen atoms in total. The van der Waals surface area contributed by atoms with Gasteiger partial charge in [-0.2, -0.15) is 0 Å². The molecule has 0 unspecified atom stereocenters. The van der Waals surface area contributed by atoms with E-state index in [0.29, 0.717) is 0 Å². The summed E-state index contributed by atoms with van der Waals surface area (Å²) in [6, 6.07) is 2.17. The molecule has 1 aromatic carbocycles. The van der Waals surface area contributed by atoms with Gasteiger partial charge in [0.25, 0.3) is 11.6 Å². The minimum absolute atomic E-state index is 0.0847. The molecule has 1 amide bonds. The SMILES string of the molecule is Cc1cc([N+](=O)[O-])cc(C(=O)NC2CC2)c1F. The Hall–Kier alpha value is -1.98. The number of hydrogen-bond acceptors (Lipinski definition) is 3. The molecule has 0 aliphatic heterocycles. The van der Waals surface area contributed by atoms with Crippen LogP contribution in [-0.4, -0.2) is 16.9 Å². The van der Waals surface area contributed by atoms with Gasteiger partial charge in [-0.1, -0.05) is 0 Å². The molecule has 6 heteroatoms. The van der Waals surface area contributed by atoms with Crippen molar-refractivity contribution in [3.63, 3.8) is 0 Å². The Bertz CT molecular complexity index is 498. The molecule has 0 atom stereocenters. The largest absolute Gasteiger partial charge is 0.349 e. The van der Waals surface area contributed by atoms with E-state index in [-0.39, 0.29) is 22.9 Å². The number of nitro benzene ring substituents is 1. The fourth-order valence-corrected chi connectivity index (χ4v) is 1.51. The number of carbonyl (C=O) groups is 1. The van der Waals surface area contributed by atoms with Crippen molar-refractivity contribution in [2.24, 2.45) is 0 Å². The minimum Gasteiger partial charge on any atom is -0.349 e. The molecule has 1 aromatic rings. The second-order valence-corrected chi connectivity index (χ2v) is 4.13. The third-order valence-electron chi connectivity index (χ3n) is 2.61. The summed E-state index contributed by atoms with van der Waals surface area (Å²) in [5.41, 5.74) is -0.436. The van der Waals surface area contributed by atoms with Gasteiger partial charge in [0.2, 0.25) is 0 Å². The molecule has 1 N–H and O–H groups in total. The Kier molecular flexibility index (Phi) is 2.79. The Morgan fingerprint density at radius 3 is 2.71 bits per heavy atom. The van der Waals surface area contributed by atoms with Crippen LogP contribution < -0.4 is 5.32 Å². The lowest BCUT2D eigenvalue weighted by Gasteiger charge is -2.06. The standard InChI is InChI=1S/C11H11FN2O3/c1-6-4-8(14(16)17)5-9(10(6)12)11(15)13-7-2-3-7/h4-5,7H,2-3H2,1H3,(H,13,15). The normalized spacial score (nSPS) is 14.5. The van der Waals surface area contributed by atoms with Crippen molar-refractivity contribution in [1.29, 1.82) is 0 Å². The van der Waals surface area contributed by atoms with Gasteiger partial charge in [-0.05, 0) is 25.3 Å². The van der Waals surface area contributed by atoms with Gasteiger partial charge in [0.15, 0.2) is 0 Å². The minimum atomic E-state index is -0.700. The topological polar surface area (TPSA) is 72.2 Å². The van der Waals surface area contributed by atoms with Gasteiger partial charge in [-0.15, -0.1) is 0 Å². The second kappa shape index (κ2) is 4.12. The second-order valence-electron chi connectivity index (χ2n) is 4.13. The average Bonchev–Trinajstić information content (AvgIpc) is 3.05. The van der Waals surface area contributed by atoms with Gasteiger partial charge in [0, 0.05) is 18.2 Å². The first-order chi connectivity index (χ1) is 7.99. The van der Waals surface area contributed by atoms with Gasteiger partial charge in [0.1, 0.15) is 5.82 Å². The van der Waals surface area contributed by atoms with E-state index in [9.17, 15) is 19.3 Å². The van der Waals surface area contributed by atoms with Gasteiger partial charge < -0.3 is 5.32 Å².